The van der Waals surface area contributed by atoms with Crippen molar-refractivity contribution in [1.29, 1.82) is 0 Å². The van der Waals surface area contributed by atoms with Crippen LogP contribution in [0.15, 0.2) is 17.2 Å². The topological polar surface area (TPSA) is 97.4 Å². The molecule has 1 fully saturated rings. The van der Waals surface area contributed by atoms with Crippen LogP contribution in [0.5, 0.6) is 0 Å². The van der Waals surface area contributed by atoms with Gasteiger partial charge in [-0.1, -0.05) is 12.8 Å². The van der Waals surface area contributed by atoms with Gasteiger partial charge >= 0.3 is 0 Å². The summed E-state index contributed by atoms with van der Waals surface area (Å²) >= 11 is 0. The van der Waals surface area contributed by atoms with Crippen LogP contribution in [0.25, 0.3) is 0 Å². The maximum Gasteiger partial charge on any atom is 0.269 e. The standard InChI is InChI=1S/C14H24N4O3S.ClH/c1-17(2)13(19)12-8-11(9-18(12)3)22(20,21)16-14(10-15)6-4-5-7-14;/h8-9,16H,4-7,10,15H2,1-3H3;1H. The number of halogens is 1. The van der Waals surface area contributed by atoms with Gasteiger partial charge in [-0.25, -0.2) is 13.1 Å². The predicted octanol–water partition coefficient (Wildman–Crippen LogP) is 0.698. The van der Waals surface area contributed by atoms with Crippen LogP contribution < -0.4 is 10.5 Å². The van der Waals surface area contributed by atoms with E-state index in [4.69, 9.17) is 5.73 Å². The summed E-state index contributed by atoms with van der Waals surface area (Å²) in [6.07, 6.45) is 4.90. The first kappa shape index (κ1) is 20.0. The number of rotatable bonds is 5. The fourth-order valence-electron chi connectivity index (χ4n) is 2.87. The maximum absolute atomic E-state index is 12.6. The van der Waals surface area contributed by atoms with Crippen LogP contribution in [0.2, 0.25) is 0 Å². The second kappa shape index (κ2) is 7.21. The molecule has 3 N–H and O–H groups in total. The Morgan fingerprint density at radius 2 is 1.96 bits per heavy atom. The normalized spacial score (nSPS) is 16.9. The summed E-state index contributed by atoms with van der Waals surface area (Å²) in [4.78, 5) is 13.6. The van der Waals surface area contributed by atoms with E-state index in [1.54, 1.807) is 21.1 Å². The largest absolute Gasteiger partial charge is 0.345 e. The molecule has 1 aromatic heterocycles. The minimum atomic E-state index is -3.70. The molecule has 2 rings (SSSR count). The molecule has 132 valence electrons. The molecular formula is C14H25ClN4O3S. The first-order chi connectivity index (χ1) is 10.2. The highest BCUT2D eigenvalue weighted by atomic mass is 35.5. The smallest absolute Gasteiger partial charge is 0.269 e. The second-order valence-electron chi connectivity index (χ2n) is 6.17. The summed E-state index contributed by atoms with van der Waals surface area (Å²) in [5.74, 6) is -0.238. The lowest BCUT2D eigenvalue weighted by molar-refractivity contribution is 0.0818. The first-order valence-corrected chi connectivity index (χ1v) is 8.81. The van der Waals surface area contributed by atoms with Gasteiger partial charge in [-0.05, 0) is 18.9 Å². The van der Waals surface area contributed by atoms with Crippen molar-refractivity contribution in [2.45, 2.75) is 36.1 Å². The van der Waals surface area contributed by atoms with Gasteiger partial charge in [-0.15, -0.1) is 12.4 Å². The molecule has 23 heavy (non-hydrogen) atoms. The number of sulfonamides is 1. The molecule has 0 saturated heterocycles. The first-order valence-electron chi connectivity index (χ1n) is 7.33. The number of nitrogens with one attached hydrogen (secondary N) is 1. The van der Waals surface area contributed by atoms with E-state index in [1.165, 1.54) is 21.7 Å². The van der Waals surface area contributed by atoms with Crippen LogP contribution in [0.3, 0.4) is 0 Å². The van der Waals surface area contributed by atoms with Gasteiger partial charge < -0.3 is 15.2 Å². The molecule has 0 radical (unpaired) electrons. The van der Waals surface area contributed by atoms with Gasteiger partial charge in [-0.2, -0.15) is 0 Å². The Morgan fingerprint density at radius 1 is 1.39 bits per heavy atom. The van der Waals surface area contributed by atoms with Crippen molar-refractivity contribution in [1.82, 2.24) is 14.2 Å². The van der Waals surface area contributed by atoms with Gasteiger partial charge in [0.25, 0.3) is 5.91 Å². The fourth-order valence-corrected chi connectivity index (χ4v) is 4.41. The monoisotopic (exact) mass is 364 g/mol. The zero-order chi connectivity index (χ0) is 16.5. The van der Waals surface area contributed by atoms with Gasteiger partial charge in [0.2, 0.25) is 10.0 Å². The Labute approximate surface area is 143 Å². The van der Waals surface area contributed by atoms with Crippen molar-refractivity contribution in [2.24, 2.45) is 12.8 Å². The lowest BCUT2D eigenvalue weighted by Gasteiger charge is -2.27. The van der Waals surface area contributed by atoms with Crippen LogP contribution in [-0.4, -0.2) is 50.0 Å². The molecule has 0 spiro atoms. The molecule has 7 nitrogen and oxygen atoms in total. The Kier molecular flexibility index (Phi) is 6.25. The SMILES string of the molecule is CN(C)C(=O)c1cc(S(=O)(=O)NC2(CN)CCCC2)cn1C.Cl. The van der Waals surface area contributed by atoms with Crippen molar-refractivity contribution in [2.75, 3.05) is 20.6 Å². The third-order valence-electron chi connectivity index (χ3n) is 4.22. The quantitative estimate of drug-likeness (QED) is 0.803. The summed E-state index contributed by atoms with van der Waals surface area (Å²) in [5.41, 5.74) is 5.56. The Morgan fingerprint density at radius 3 is 2.43 bits per heavy atom. The summed E-state index contributed by atoms with van der Waals surface area (Å²) in [7, 11) is 1.22. The molecule has 1 aliphatic rings. The van der Waals surface area contributed by atoms with Gasteiger partial charge in [0, 0.05) is 39.4 Å². The van der Waals surface area contributed by atoms with E-state index in [9.17, 15) is 13.2 Å². The van der Waals surface area contributed by atoms with E-state index >= 15 is 0 Å². The molecule has 1 heterocycles. The van der Waals surface area contributed by atoms with Crippen molar-refractivity contribution in [3.63, 3.8) is 0 Å². The number of aryl methyl sites for hydroxylation is 1. The molecule has 0 aromatic carbocycles. The number of nitrogens with two attached hydrogens (primary N) is 1. The highest BCUT2D eigenvalue weighted by molar-refractivity contribution is 7.89. The van der Waals surface area contributed by atoms with Crippen LogP contribution in [-0.2, 0) is 17.1 Å². The number of amides is 1. The van der Waals surface area contributed by atoms with Crippen LogP contribution >= 0.6 is 12.4 Å². The average molecular weight is 365 g/mol. The number of aromatic nitrogens is 1. The number of carbonyl (C=O) groups excluding carboxylic acids is 1. The van der Waals surface area contributed by atoms with Gasteiger partial charge in [0.05, 0.1) is 0 Å². The molecule has 0 unspecified atom stereocenters. The predicted molar refractivity (Wildman–Crippen MR) is 91.3 cm³/mol. The van der Waals surface area contributed by atoms with Crippen molar-refractivity contribution < 1.29 is 13.2 Å². The molecule has 9 heteroatoms. The summed E-state index contributed by atoms with van der Waals surface area (Å²) in [5, 5.41) is 0. The summed E-state index contributed by atoms with van der Waals surface area (Å²) in [6.45, 7) is 0.280. The van der Waals surface area contributed by atoms with Crippen molar-refractivity contribution in [3.05, 3.63) is 18.0 Å². The lowest BCUT2D eigenvalue weighted by Crippen LogP contribution is -2.51. The molecule has 0 aliphatic heterocycles. The van der Waals surface area contributed by atoms with Crippen molar-refractivity contribution in [3.8, 4) is 0 Å². The summed E-state index contributed by atoms with van der Waals surface area (Å²) in [6, 6.07) is 1.41. The molecule has 1 aromatic rings. The lowest BCUT2D eigenvalue weighted by atomic mass is 10.0. The molecule has 1 aliphatic carbocycles. The number of nitrogens with zero attached hydrogens (tertiary/aromatic N) is 2. The third kappa shape index (κ3) is 4.06. The highest BCUT2D eigenvalue weighted by Crippen LogP contribution is 2.30. The molecule has 0 atom stereocenters. The van der Waals surface area contributed by atoms with Gasteiger partial charge in [-0.3, -0.25) is 4.79 Å². The minimum Gasteiger partial charge on any atom is -0.345 e. The van der Waals surface area contributed by atoms with E-state index in [0.717, 1.165) is 25.7 Å². The maximum atomic E-state index is 12.6. The number of carbonyl (C=O) groups is 1. The van der Waals surface area contributed by atoms with E-state index in [1.807, 2.05) is 0 Å². The van der Waals surface area contributed by atoms with E-state index < -0.39 is 15.6 Å². The second-order valence-corrected chi connectivity index (χ2v) is 7.85. The zero-order valence-electron chi connectivity index (χ0n) is 13.7. The van der Waals surface area contributed by atoms with Crippen LogP contribution in [0.4, 0.5) is 0 Å². The Balaban J connectivity index is 0.00000264. The molecule has 1 saturated carbocycles. The highest BCUT2D eigenvalue weighted by Gasteiger charge is 2.37. The van der Waals surface area contributed by atoms with E-state index in [2.05, 4.69) is 4.72 Å². The zero-order valence-corrected chi connectivity index (χ0v) is 15.3. The molecular weight excluding hydrogens is 340 g/mol. The number of hydrogen-bond donors (Lipinski definition) is 2. The average Bonchev–Trinajstić information content (AvgIpc) is 3.05. The fraction of sp³-hybridized carbons (Fsp3) is 0.643. The third-order valence-corrected chi connectivity index (χ3v) is 5.76. The Hall–Kier alpha value is -1.09. The van der Waals surface area contributed by atoms with Crippen LogP contribution in [0.1, 0.15) is 36.2 Å². The van der Waals surface area contributed by atoms with Crippen molar-refractivity contribution >= 4 is 28.3 Å². The van der Waals surface area contributed by atoms with Gasteiger partial charge in [0.15, 0.2) is 0 Å². The van der Waals surface area contributed by atoms with Gasteiger partial charge in [0.1, 0.15) is 10.6 Å². The minimum absolute atomic E-state index is 0. The number of hydrogen-bond acceptors (Lipinski definition) is 4. The van der Waals surface area contributed by atoms with E-state index in [-0.39, 0.29) is 29.8 Å². The Bertz CT molecular complexity index is 664. The summed E-state index contributed by atoms with van der Waals surface area (Å²) < 4.78 is 29.5. The van der Waals surface area contributed by atoms with Crippen LogP contribution in [0, 0.1) is 0 Å². The van der Waals surface area contributed by atoms with E-state index in [0.29, 0.717) is 5.69 Å². The molecule has 1 amide bonds. The molecule has 0 bridgehead atoms.